The number of hydrogen-bond acceptors (Lipinski definition) is 4. The van der Waals surface area contributed by atoms with Gasteiger partial charge in [0, 0.05) is 33.0 Å². The van der Waals surface area contributed by atoms with Gasteiger partial charge in [-0.2, -0.15) is 0 Å². The predicted molar refractivity (Wildman–Crippen MR) is 111 cm³/mol. The monoisotopic (exact) mass is 387 g/mol. The lowest BCUT2D eigenvalue weighted by molar-refractivity contribution is 0.0636. The summed E-state index contributed by atoms with van der Waals surface area (Å²) in [5.41, 5.74) is 2.21. The lowest BCUT2D eigenvalue weighted by Gasteiger charge is -2.58. The van der Waals surface area contributed by atoms with Gasteiger partial charge in [0.25, 0.3) is 0 Å². The zero-order valence-corrected chi connectivity index (χ0v) is 16.7. The van der Waals surface area contributed by atoms with E-state index in [4.69, 9.17) is 4.74 Å². The third kappa shape index (κ3) is 2.18. The SMILES string of the molecule is COc1cccc(C(=O)[C@]23c4ccccc4S[C@@]2(C)C[C@@H]3c2ccccn2)c1. The third-order valence-electron chi connectivity index (χ3n) is 6.33. The van der Waals surface area contributed by atoms with Gasteiger partial charge in [0.15, 0.2) is 5.78 Å². The third-order valence-corrected chi connectivity index (χ3v) is 7.85. The van der Waals surface area contributed by atoms with Crippen LogP contribution in [0.3, 0.4) is 0 Å². The van der Waals surface area contributed by atoms with Crippen LogP contribution in [0.4, 0.5) is 0 Å². The maximum atomic E-state index is 14.2. The van der Waals surface area contributed by atoms with Crippen molar-refractivity contribution >= 4 is 17.5 Å². The number of carbonyl (C=O) groups excluding carboxylic acids is 1. The molecule has 4 heteroatoms. The molecule has 2 heterocycles. The quantitative estimate of drug-likeness (QED) is 0.572. The fraction of sp³-hybridized carbons (Fsp3) is 0.250. The van der Waals surface area contributed by atoms with Gasteiger partial charge < -0.3 is 4.74 Å². The number of nitrogens with zero attached hydrogens (tertiary/aromatic N) is 1. The van der Waals surface area contributed by atoms with Crippen LogP contribution in [0.2, 0.25) is 0 Å². The number of rotatable bonds is 4. The highest BCUT2D eigenvalue weighted by Crippen LogP contribution is 2.73. The molecule has 1 aliphatic carbocycles. The molecule has 3 aromatic rings. The van der Waals surface area contributed by atoms with Crippen molar-refractivity contribution in [2.24, 2.45) is 0 Å². The van der Waals surface area contributed by atoms with Crippen molar-refractivity contribution in [3.05, 3.63) is 89.7 Å². The van der Waals surface area contributed by atoms with Crippen LogP contribution in [0.15, 0.2) is 77.8 Å². The van der Waals surface area contributed by atoms with Gasteiger partial charge in [-0.05, 0) is 49.2 Å². The van der Waals surface area contributed by atoms with E-state index in [9.17, 15) is 4.79 Å². The summed E-state index contributed by atoms with van der Waals surface area (Å²) in [7, 11) is 1.63. The minimum absolute atomic E-state index is 0.0635. The van der Waals surface area contributed by atoms with Crippen LogP contribution >= 0.6 is 11.8 Å². The van der Waals surface area contributed by atoms with E-state index in [1.807, 2.05) is 60.4 Å². The minimum atomic E-state index is -0.616. The molecule has 0 saturated heterocycles. The second-order valence-electron chi connectivity index (χ2n) is 7.71. The number of benzene rings is 2. The van der Waals surface area contributed by atoms with Crippen LogP contribution in [0.1, 0.15) is 40.9 Å². The van der Waals surface area contributed by atoms with Gasteiger partial charge in [-0.15, -0.1) is 11.8 Å². The number of ether oxygens (including phenoxy) is 1. The maximum Gasteiger partial charge on any atom is 0.175 e. The fourth-order valence-corrected chi connectivity index (χ4v) is 6.81. The molecule has 0 radical (unpaired) electrons. The maximum absolute atomic E-state index is 14.2. The Labute approximate surface area is 169 Å². The van der Waals surface area contributed by atoms with Crippen molar-refractivity contribution in [3.63, 3.8) is 0 Å². The van der Waals surface area contributed by atoms with Crippen molar-refractivity contribution in [3.8, 4) is 5.75 Å². The van der Waals surface area contributed by atoms with Crippen LogP contribution in [0.5, 0.6) is 5.75 Å². The molecule has 2 aliphatic rings. The van der Waals surface area contributed by atoms with Crippen LogP contribution in [0, 0.1) is 0 Å². The summed E-state index contributed by atoms with van der Waals surface area (Å²) in [5, 5.41) is 0. The van der Waals surface area contributed by atoms with E-state index in [1.165, 1.54) is 4.90 Å². The van der Waals surface area contributed by atoms with Crippen LogP contribution in [-0.2, 0) is 5.41 Å². The Bertz CT molecular complexity index is 1070. The Kier molecular flexibility index (Phi) is 3.88. The predicted octanol–water partition coefficient (Wildman–Crippen LogP) is 5.26. The molecule has 1 fully saturated rings. The normalized spacial score (nSPS) is 27.4. The second-order valence-corrected chi connectivity index (χ2v) is 9.25. The molecule has 5 rings (SSSR count). The molecule has 1 saturated carbocycles. The van der Waals surface area contributed by atoms with Gasteiger partial charge in [-0.25, -0.2) is 0 Å². The average Bonchev–Trinajstić information content (AvgIpc) is 2.93. The van der Waals surface area contributed by atoms with Gasteiger partial charge in [-0.1, -0.05) is 36.4 Å². The molecule has 0 unspecified atom stereocenters. The molecule has 0 bridgehead atoms. The van der Waals surface area contributed by atoms with Gasteiger partial charge >= 0.3 is 0 Å². The van der Waals surface area contributed by atoms with E-state index in [0.29, 0.717) is 11.3 Å². The standard InChI is InChI=1S/C24H21NO2S/c1-23-15-19(20-11-5-6-13-25-20)24(23,18-10-3-4-12-21(18)28-23)22(26)16-8-7-9-17(14-16)27-2/h3-14,19H,15H2,1-2H3/t19-,23+,24-/m1/s1. The van der Waals surface area contributed by atoms with E-state index in [2.05, 4.69) is 36.2 Å². The number of methoxy groups -OCH3 is 1. The minimum Gasteiger partial charge on any atom is -0.497 e. The Morgan fingerprint density at radius 1 is 1.11 bits per heavy atom. The van der Waals surface area contributed by atoms with Crippen molar-refractivity contribution in [1.82, 2.24) is 4.98 Å². The molecule has 3 atom stereocenters. The summed E-state index contributed by atoms with van der Waals surface area (Å²) in [6, 6.07) is 21.9. The van der Waals surface area contributed by atoms with Gasteiger partial charge in [-0.3, -0.25) is 9.78 Å². The summed E-state index contributed by atoms with van der Waals surface area (Å²) in [6.45, 7) is 2.23. The van der Waals surface area contributed by atoms with Crippen LogP contribution in [0.25, 0.3) is 0 Å². The molecule has 140 valence electrons. The van der Waals surface area contributed by atoms with E-state index < -0.39 is 5.41 Å². The van der Waals surface area contributed by atoms with E-state index in [1.54, 1.807) is 7.11 Å². The summed E-state index contributed by atoms with van der Waals surface area (Å²) in [4.78, 5) is 20.0. The largest absolute Gasteiger partial charge is 0.497 e. The summed E-state index contributed by atoms with van der Waals surface area (Å²) in [6.07, 6.45) is 2.75. The fourth-order valence-electron chi connectivity index (χ4n) is 5.08. The number of fused-ring (bicyclic) bond motifs is 3. The van der Waals surface area contributed by atoms with Crippen LogP contribution in [-0.4, -0.2) is 22.6 Å². The first-order chi connectivity index (χ1) is 13.6. The van der Waals surface area contributed by atoms with Crippen molar-refractivity contribution < 1.29 is 9.53 Å². The van der Waals surface area contributed by atoms with Crippen molar-refractivity contribution in [2.75, 3.05) is 7.11 Å². The molecule has 0 amide bonds. The first-order valence-corrected chi connectivity index (χ1v) is 10.3. The molecular formula is C24H21NO2S. The number of hydrogen-bond donors (Lipinski definition) is 0. The van der Waals surface area contributed by atoms with E-state index in [-0.39, 0.29) is 16.4 Å². The van der Waals surface area contributed by atoms with Gasteiger partial charge in [0.2, 0.25) is 0 Å². The van der Waals surface area contributed by atoms with Gasteiger partial charge in [0.1, 0.15) is 5.75 Å². The first kappa shape index (κ1) is 17.5. The second kappa shape index (κ2) is 6.21. The van der Waals surface area contributed by atoms with Gasteiger partial charge in [0.05, 0.1) is 12.5 Å². The average molecular weight is 388 g/mol. The number of pyridine rings is 1. The number of Topliss-reactive ketones (excluding diaryl/α,β-unsaturated/α-hetero) is 1. The van der Waals surface area contributed by atoms with Crippen molar-refractivity contribution in [2.45, 2.75) is 34.3 Å². The molecule has 3 nitrogen and oxygen atoms in total. The Hall–Kier alpha value is -2.59. The summed E-state index contributed by atoms with van der Waals surface area (Å²) >= 11 is 1.84. The number of ketones is 1. The number of aromatic nitrogens is 1. The van der Waals surface area contributed by atoms with E-state index >= 15 is 0 Å². The molecule has 28 heavy (non-hydrogen) atoms. The Morgan fingerprint density at radius 3 is 2.71 bits per heavy atom. The summed E-state index contributed by atoms with van der Waals surface area (Å²) in [5.74, 6) is 0.929. The highest BCUT2D eigenvalue weighted by Gasteiger charge is 2.72. The molecule has 0 N–H and O–H groups in total. The van der Waals surface area contributed by atoms with E-state index in [0.717, 1.165) is 17.7 Å². The molecule has 1 aliphatic heterocycles. The highest BCUT2D eigenvalue weighted by molar-refractivity contribution is 8.01. The topological polar surface area (TPSA) is 39.2 Å². The smallest absolute Gasteiger partial charge is 0.175 e. The van der Waals surface area contributed by atoms with Crippen LogP contribution < -0.4 is 4.74 Å². The lowest BCUT2D eigenvalue weighted by atomic mass is 9.47. The first-order valence-electron chi connectivity index (χ1n) is 9.48. The number of thioether (sulfide) groups is 1. The Morgan fingerprint density at radius 2 is 1.93 bits per heavy atom. The molecule has 0 spiro atoms. The zero-order valence-electron chi connectivity index (χ0n) is 15.9. The lowest BCUT2D eigenvalue weighted by Crippen LogP contribution is -2.64. The summed E-state index contributed by atoms with van der Waals surface area (Å²) < 4.78 is 5.20. The highest BCUT2D eigenvalue weighted by atomic mass is 32.2. The number of carbonyl (C=O) groups is 1. The van der Waals surface area contributed by atoms with Crippen molar-refractivity contribution in [1.29, 1.82) is 0 Å². The molecular weight excluding hydrogens is 366 g/mol. The zero-order chi connectivity index (χ0) is 19.4. The molecule has 1 aromatic heterocycles. The molecule has 2 aromatic carbocycles. The Balaban J connectivity index is 1.73.